The maximum atomic E-state index is 5.89. The number of aryl methyl sites for hydroxylation is 2. The van der Waals surface area contributed by atoms with Crippen LogP contribution in [0.2, 0.25) is 0 Å². The molecule has 0 radical (unpaired) electrons. The number of rotatable bonds is 2. The van der Waals surface area contributed by atoms with Crippen LogP contribution in [-0.2, 0) is 6.42 Å². The molecule has 2 aromatic heterocycles. The van der Waals surface area contributed by atoms with E-state index in [9.17, 15) is 0 Å². The molecule has 2 aromatic rings. The molecule has 1 aliphatic rings. The predicted molar refractivity (Wildman–Crippen MR) is 93.3 cm³/mol. The van der Waals surface area contributed by atoms with Gasteiger partial charge in [-0.15, -0.1) is 0 Å². The Labute approximate surface area is 133 Å². The first kappa shape index (κ1) is 16.5. The van der Waals surface area contributed by atoms with Crippen molar-refractivity contribution in [3.63, 3.8) is 0 Å². The predicted octanol–water partition coefficient (Wildman–Crippen LogP) is 3.49. The lowest BCUT2D eigenvalue weighted by atomic mass is 10.1. The number of hydrogen-bond donors (Lipinski definition) is 1. The second-order valence-corrected chi connectivity index (χ2v) is 5.38. The van der Waals surface area contributed by atoms with Crippen molar-refractivity contribution in [2.75, 3.05) is 23.7 Å². The minimum atomic E-state index is 0.539. The van der Waals surface area contributed by atoms with E-state index in [-0.39, 0.29) is 0 Å². The van der Waals surface area contributed by atoms with E-state index in [1.54, 1.807) is 0 Å². The van der Waals surface area contributed by atoms with Gasteiger partial charge in [0.1, 0.15) is 17.5 Å². The Kier molecular flexibility index (Phi) is 5.52. The molecule has 1 aliphatic heterocycles. The minimum absolute atomic E-state index is 0.539. The van der Waals surface area contributed by atoms with E-state index in [0.717, 1.165) is 47.7 Å². The van der Waals surface area contributed by atoms with Gasteiger partial charge in [-0.05, 0) is 32.6 Å². The first-order chi connectivity index (χ1) is 10.7. The molecule has 0 amide bonds. The molecule has 0 unspecified atom stereocenters. The molecule has 1 fully saturated rings. The van der Waals surface area contributed by atoms with Crippen molar-refractivity contribution in [2.24, 2.45) is 0 Å². The molecular weight excluding hydrogens is 274 g/mol. The molecule has 2 N–H and O–H groups in total. The highest BCUT2D eigenvalue weighted by atomic mass is 15.2. The lowest BCUT2D eigenvalue weighted by Crippen LogP contribution is -2.30. The first-order valence-electron chi connectivity index (χ1n) is 8.37. The number of fused-ring (bicyclic) bond motifs is 1. The van der Waals surface area contributed by atoms with E-state index in [4.69, 9.17) is 10.7 Å². The highest BCUT2D eigenvalue weighted by molar-refractivity contribution is 5.93. The third-order valence-corrected chi connectivity index (χ3v) is 3.86. The summed E-state index contributed by atoms with van der Waals surface area (Å²) in [6, 6.07) is 1.86. The molecule has 22 heavy (non-hydrogen) atoms. The van der Waals surface area contributed by atoms with Crippen molar-refractivity contribution < 1.29 is 0 Å². The van der Waals surface area contributed by atoms with E-state index in [1.807, 2.05) is 26.8 Å². The van der Waals surface area contributed by atoms with E-state index >= 15 is 0 Å². The quantitative estimate of drug-likeness (QED) is 0.919. The van der Waals surface area contributed by atoms with Crippen LogP contribution in [0.3, 0.4) is 0 Å². The summed E-state index contributed by atoms with van der Waals surface area (Å²) in [7, 11) is 0. The van der Waals surface area contributed by atoms with Crippen LogP contribution in [0.25, 0.3) is 10.9 Å². The van der Waals surface area contributed by atoms with Gasteiger partial charge in [-0.3, -0.25) is 0 Å². The normalized spacial score (nSPS) is 14.6. The number of nitrogen functional groups attached to an aromatic ring is 1. The Morgan fingerprint density at radius 1 is 1.09 bits per heavy atom. The number of anilines is 2. The number of nitrogens with two attached hydrogens (primary N) is 1. The molecule has 5 heteroatoms. The monoisotopic (exact) mass is 301 g/mol. The molecule has 5 nitrogen and oxygen atoms in total. The van der Waals surface area contributed by atoms with Crippen LogP contribution >= 0.6 is 0 Å². The smallest absolute Gasteiger partial charge is 0.142 e. The van der Waals surface area contributed by atoms with Gasteiger partial charge in [0.15, 0.2) is 0 Å². The van der Waals surface area contributed by atoms with E-state index in [2.05, 4.69) is 21.8 Å². The minimum Gasteiger partial charge on any atom is -0.384 e. The maximum Gasteiger partial charge on any atom is 0.142 e. The zero-order valence-electron chi connectivity index (χ0n) is 14.2. The van der Waals surface area contributed by atoms with Crippen LogP contribution in [0, 0.1) is 6.92 Å². The summed E-state index contributed by atoms with van der Waals surface area (Å²) in [6.45, 7) is 10.2. The van der Waals surface area contributed by atoms with Gasteiger partial charge in [-0.2, -0.15) is 0 Å². The average molecular weight is 301 g/mol. The van der Waals surface area contributed by atoms with E-state index < -0.39 is 0 Å². The number of hydrogen-bond acceptors (Lipinski definition) is 5. The van der Waals surface area contributed by atoms with Crippen molar-refractivity contribution >= 4 is 22.5 Å². The Morgan fingerprint density at radius 3 is 2.41 bits per heavy atom. The molecule has 0 aromatic carbocycles. The second kappa shape index (κ2) is 7.38. The molecule has 0 saturated carbocycles. The summed E-state index contributed by atoms with van der Waals surface area (Å²) < 4.78 is 0. The summed E-state index contributed by atoms with van der Waals surface area (Å²) in [5.41, 5.74) is 7.81. The van der Waals surface area contributed by atoms with Gasteiger partial charge < -0.3 is 10.6 Å². The molecule has 120 valence electrons. The van der Waals surface area contributed by atoms with Gasteiger partial charge in [-0.25, -0.2) is 15.0 Å². The van der Waals surface area contributed by atoms with Crippen LogP contribution in [0.4, 0.5) is 11.6 Å². The summed E-state index contributed by atoms with van der Waals surface area (Å²) >= 11 is 0. The van der Waals surface area contributed by atoms with Crippen LogP contribution in [0.1, 0.15) is 51.6 Å². The Bertz CT molecular complexity index is 627. The summed E-state index contributed by atoms with van der Waals surface area (Å²) in [5.74, 6) is 2.37. The SMILES string of the molecule is CC.CCc1nc(N)cc2nc(C)nc(N3CCCCC3)c12. The number of aromatic nitrogens is 3. The number of nitrogens with zero attached hydrogens (tertiary/aromatic N) is 4. The fraction of sp³-hybridized carbons (Fsp3) is 0.588. The zero-order chi connectivity index (χ0) is 16.1. The molecule has 0 spiro atoms. The molecule has 3 heterocycles. The lowest BCUT2D eigenvalue weighted by Gasteiger charge is -2.29. The molecular formula is C17H27N5. The Balaban J connectivity index is 0.000000847. The van der Waals surface area contributed by atoms with Crippen LogP contribution in [-0.4, -0.2) is 28.0 Å². The third kappa shape index (κ3) is 3.29. The van der Waals surface area contributed by atoms with E-state index in [1.165, 1.54) is 19.3 Å². The van der Waals surface area contributed by atoms with Gasteiger partial charge in [0.2, 0.25) is 0 Å². The van der Waals surface area contributed by atoms with Crippen molar-refractivity contribution in [3.8, 4) is 0 Å². The number of pyridine rings is 1. The fourth-order valence-corrected chi connectivity index (χ4v) is 2.93. The topological polar surface area (TPSA) is 67.9 Å². The van der Waals surface area contributed by atoms with E-state index in [0.29, 0.717) is 5.82 Å². The molecule has 0 atom stereocenters. The van der Waals surface area contributed by atoms with Crippen LogP contribution in [0.15, 0.2) is 6.07 Å². The second-order valence-electron chi connectivity index (χ2n) is 5.38. The molecule has 3 rings (SSSR count). The lowest BCUT2D eigenvalue weighted by molar-refractivity contribution is 0.574. The molecule has 1 saturated heterocycles. The highest BCUT2D eigenvalue weighted by Gasteiger charge is 2.19. The summed E-state index contributed by atoms with van der Waals surface area (Å²) in [4.78, 5) is 16.1. The average Bonchev–Trinajstić information content (AvgIpc) is 2.55. The zero-order valence-corrected chi connectivity index (χ0v) is 14.2. The van der Waals surface area contributed by atoms with Crippen LogP contribution in [0.5, 0.6) is 0 Å². The molecule has 0 bridgehead atoms. The van der Waals surface area contributed by atoms with Crippen LogP contribution < -0.4 is 10.6 Å². The Hall–Kier alpha value is -1.91. The van der Waals surface area contributed by atoms with Crippen molar-refractivity contribution in [3.05, 3.63) is 17.6 Å². The highest BCUT2D eigenvalue weighted by Crippen LogP contribution is 2.29. The van der Waals surface area contributed by atoms with Gasteiger partial charge in [-0.1, -0.05) is 20.8 Å². The number of piperidine rings is 1. The third-order valence-electron chi connectivity index (χ3n) is 3.86. The fourth-order valence-electron chi connectivity index (χ4n) is 2.93. The van der Waals surface area contributed by atoms with Gasteiger partial charge >= 0.3 is 0 Å². The van der Waals surface area contributed by atoms with Crippen molar-refractivity contribution in [2.45, 2.75) is 53.4 Å². The van der Waals surface area contributed by atoms with Gasteiger partial charge in [0.05, 0.1) is 16.6 Å². The van der Waals surface area contributed by atoms with Crippen molar-refractivity contribution in [1.82, 2.24) is 15.0 Å². The standard InChI is InChI=1S/C15H21N5.C2H6/c1-3-11-14-12(9-13(16)19-11)17-10(2)18-15(14)20-7-5-4-6-8-20;1-2/h9H,3-8H2,1-2H3,(H2,16,19);1-2H3. The maximum absolute atomic E-state index is 5.89. The summed E-state index contributed by atoms with van der Waals surface area (Å²) in [6.07, 6.45) is 4.61. The first-order valence-corrected chi connectivity index (χ1v) is 8.37. The van der Waals surface area contributed by atoms with Gasteiger partial charge in [0, 0.05) is 19.2 Å². The van der Waals surface area contributed by atoms with Gasteiger partial charge in [0.25, 0.3) is 0 Å². The Morgan fingerprint density at radius 2 is 1.77 bits per heavy atom. The summed E-state index contributed by atoms with van der Waals surface area (Å²) in [5, 5.41) is 1.08. The molecule has 0 aliphatic carbocycles. The largest absolute Gasteiger partial charge is 0.384 e. The van der Waals surface area contributed by atoms with Crippen molar-refractivity contribution in [1.29, 1.82) is 0 Å².